The van der Waals surface area contributed by atoms with Gasteiger partial charge in [-0.05, 0) is 18.8 Å². The second kappa shape index (κ2) is 3.76. The average molecular weight is 184 g/mol. The van der Waals surface area contributed by atoms with E-state index >= 15 is 0 Å². The lowest BCUT2D eigenvalue weighted by molar-refractivity contribution is -0.125. The Bertz CT molecular complexity index is 202. The minimum Gasteiger partial charge on any atom is -0.368 e. The van der Waals surface area contributed by atoms with Crippen LogP contribution in [-0.2, 0) is 14.3 Å². The number of carbonyl (C=O) groups excluding carboxylic acids is 1. The Morgan fingerprint density at radius 3 is 2.85 bits per heavy atom. The van der Waals surface area contributed by atoms with Crippen LogP contribution in [0.25, 0.3) is 0 Å². The third-order valence-electron chi connectivity index (χ3n) is 2.97. The molecule has 13 heavy (non-hydrogen) atoms. The molecule has 3 nitrogen and oxygen atoms in total. The molecule has 2 fully saturated rings. The van der Waals surface area contributed by atoms with Crippen molar-refractivity contribution in [2.75, 3.05) is 13.2 Å². The molecular formula is C10H16O3. The van der Waals surface area contributed by atoms with Gasteiger partial charge in [0, 0.05) is 0 Å². The first-order chi connectivity index (χ1) is 6.27. The lowest BCUT2D eigenvalue weighted by atomic mass is 9.85. The Balaban J connectivity index is 2.04. The molecule has 0 amide bonds. The molecule has 0 radical (unpaired) electrons. The molecule has 0 aromatic heterocycles. The minimum absolute atomic E-state index is 0.0709. The highest BCUT2D eigenvalue weighted by Crippen LogP contribution is 2.29. The molecule has 2 rings (SSSR count). The van der Waals surface area contributed by atoms with Crippen LogP contribution in [0.5, 0.6) is 0 Å². The van der Waals surface area contributed by atoms with Crippen LogP contribution in [0.4, 0.5) is 0 Å². The van der Waals surface area contributed by atoms with E-state index in [0.717, 1.165) is 6.42 Å². The summed E-state index contributed by atoms with van der Waals surface area (Å²) in [6, 6.07) is 0. The highest BCUT2D eigenvalue weighted by atomic mass is 16.6. The van der Waals surface area contributed by atoms with Crippen molar-refractivity contribution in [3.63, 3.8) is 0 Å². The highest BCUT2D eigenvalue weighted by Gasteiger charge is 2.34. The van der Waals surface area contributed by atoms with Gasteiger partial charge in [0.1, 0.15) is 13.2 Å². The third-order valence-corrected chi connectivity index (χ3v) is 2.97. The van der Waals surface area contributed by atoms with Crippen LogP contribution in [0.2, 0.25) is 0 Å². The molecule has 0 aromatic carbocycles. The number of hydrogen-bond acceptors (Lipinski definition) is 3. The topological polar surface area (TPSA) is 35.5 Å². The van der Waals surface area contributed by atoms with Crippen molar-refractivity contribution in [2.24, 2.45) is 5.92 Å². The van der Waals surface area contributed by atoms with Crippen LogP contribution < -0.4 is 0 Å². The van der Waals surface area contributed by atoms with Gasteiger partial charge in [0.15, 0.2) is 5.78 Å². The zero-order valence-corrected chi connectivity index (χ0v) is 7.99. The number of Topliss-reactive ketones (excluding diaryl/α,β-unsaturated/α-hetero) is 1. The lowest BCUT2D eigenvalue weighted by Crippen LogP contribution is -2.38. The van der Waals surface area contributed by atoms with Crippen LogP contribution in [0.15, 0.2) is 0 Å². The average Bonchev–Trinajstić information content (AvgIpc) is 2.30. The Morgan fingerprint density at radius 1 is 1.23 bits per heavy atom. The first-order valence-electron chi connectivity index (χ1n) is 5.02. The second-order valence-electron chi connectivity index (χ2n) is 4.07. The molecule has 0 spiro atoms. The molecule has 1 aliphatic heterocycles. The van der Waals surface area contributed by atoms with E-state index in [2.05, 4.69) is 6.92 Å². The van der Waals surface area contributed by atoms with E-state index < -0.39 is 0 Å². The molecular weight excluding hydrogens is 168 g/mol. The lowest BCUT2D eigenvalue weighted by Gasteiger charge is -2.33. The molecule has 0 bridgehead atoms. The molecule has 2 aliphatic rings. The zero-order valence-electron chi connectivity index (χ0n) is 7.99. The summed E-state index contributed by atoms with van der Waals surface area (Å²) in [4.78, 5) is 11.1. The second-order valence-corrected chi connectivity index (χ2v) is 4.07. The summed E-state index contributed by atoms with van der Waals surface area (Å²) in [6.45, 7) is 2.66. The van der Waals surface area contributed by atoms with E-state index in [1.54, 1.807) is 0 Å². The van der Waals surface area contributed by atoms with Gasteiger partial charge >= 0.3 is 0 Å². The fourth-order valence-electron chi connectivity index (χ4n) is 2.22. The van der Waals surface area contributed by atoms with Crippen LogP contribution in [0, 0.1) is 5.92 Å². The van der Waals surface area contributed by atoms with Gasteiger partial charge in [-0.3, -0.25) is 4.79 Å². The summed E-state index contributed by atoms with van der Waals surface area (Å²) in [5, 5.41) is 0. The molecule has 74 valence electrons. The molecule has 0 unspecified atom stereocenters. The summed E-state index contributed by atoms with van der Waals surface area (Å²) < 4.78 is 11.1. The van der Waals surface area contributed by atoms with E-state index in [-0.39, 0.29) is 31.2 Å². The van der Waals surface area contributed by atoms with E-state index in [0.29, 0.717) is 5.92 Å². The van der Waals surface area contributed by atoms with Gasteiger partial charge in [-0.1, -0.05) is 13.3 Å². The maximum absolute atomic E-state index is 11.1. The van der Waals surface area contributed by atoms with Crippen molar-refractivity contribution < 1.29 is 14.3 Å². The quantitative estimate of drug-likeness (QED) is 0.566. The van der Waals surface area contributed by atoms with Crippen LogP contribution in [0.3, 0.4) is 0 Å². The Morgan fingerprint density at radius 2 is 2.00 bits per heavy atom. The molecule has 3 heteroatoms. The number of fused-ring (bicyclic) bond motifs is 1. The first kappa shape index (κ1) is 9.16. The standard InChI is InChI=1S/C10H16O3/c1-7-3-2-4-9-10(7)13-6-8(11)5-12-9/h7,9-10H,2-6H2,1H3/t7-,9-,10+/m0/s1. The fourth-order valence-corrected chi connectivity index (χ4v) is 2.22. The van der Waals surface area contributed by atoms with Crippen LogP contribution in [0.1, 0.15) is 26.2 Å². The molecule has 3 atom stereocenters. The number of carbonyl (C=O) groups is 1. The Kier molecular flexibility index (Phi) is 2.65. The van der Waals surface area contributed by atoms with Gasteiger partial charge in [0.05, 0.1) is 12.2 Å². The predicted molar refractivity (Wildman–Crippen MR) is 47.5 cm³/mol. The van der Waals surface area contributed by atoms with Crippen LogP contribution in [-0.4, -0.2) is 31.2 Å². The Labute approximate surface area is 78.4 Å². The first-order valence-corrected chi connectivity index (χ1v) is 5.02. The fraction of sp³-hybridized carbons (Fsp3) is 0.900. The van der Waals surface area contributed by atoms with Crippen molar-refractivity contribution in [2.45, 2.75) is 38.4 Å². The van der Waals surface area contributed by atoms with Crippen molar-refractivity contribution >= 4 is 5.78 Å². The molecule has 1 saturated carbocycles. The molecule has 0 aromatic rings. The van der Waals surface area contributed by atoms with Crippen molar-refractivity contribution in [3.05, 3.63) is 0 Å². The van der Waals surface area contributed by atoms with E-state index in [1.807, 2.05) is 0 Å². The summed E-state index contributed by atoms with van der Waals surface area (Å²) in [5.74, 6) is 0.603. The maximum atomic E-state index is 11.1. The van der Waals surface area contributed by atoms with Gasteiger partial charge in [-0.2, -0.15) is 0 Å². The van der Waals surface area contributed by atoms with Gasteiger partial charge in [0.25, 0.3) is 0 Å². The van der Waals surface area contributed by atoms with Gasteiger partial charge in [-0.25, -0.2) is 0 Å². The predicted octanol–water partition coefficient (Wildman–Crippen LogP) is 1.16. The smallest absolute Gasteiger partial charge is 0.184 e. The summed E-state index contributed by atoms with van der Waals surface area (Å²) in [6.07, 6.45) is 3.75. The van der Waals surface area contributed by atoms with E-state index in [1.165, 1.54) is 12.8 Å². The summed E-state index contributed by atoms with van der Waals surface area (Å²) in [5.41, 5.74) is 0. The third kappa shape index (κ3) is 1.92. The normalized spacial score (nSPS) is 41.0. The highest BCUT2D eigenvalue weighted by molar-refractivity contribution is 5.81. The van der Waals surface area contributed by atoms with Crippen molar-refractivity contribution in [1.82, 2.24) is 0 Å². The SMILES string of the molecule is C[C@H]1CCC[C@@H]2OCC(=O)CO[C@@H]21. The monoisotopic (exact) mass is 184 g/mol. The largest absolute Gasteiger partial charge is 0.368 e. The molecule has 0 N–H and O–H groups in total. The molecule has 1 aliphatic carbocycles. The molecule has 1 heterocycles. The molecule has 1 saturated heterocycles. The van der Waals surface area contributed by atoms with Gasteiger partial charge < -0.3 is 9.47 Å². The van der Waals surface area contributed by atoms with E-state index in [4.69, 9.17) is 9.47 Å². The van der Waals surface area contributed by atoms with Gasteiger partial charge in [-0.15, -0.1) is 0 Å². The summed E-state index contributed by atoms with van der Waals surface area (Å²) in [7, 11) is 0. The zero-order chi connectivity index (χ0) is 9.26. The van der Waals surface area contributed by atoms with Crippen LogP contribution >= 0.6 is 0 Å². The minimum atomic E-state index is 0.0709. The summed E-state index contributed by atoms with van der Waals surface area (Å²) >= 11 is 0. The number of ketones is 1. The number of rotatable bonds is 0. The van der Waals surface area contributed by atoms with E-state index in [9.17, 15) is 4.79 Å². The Hall–Kier alpha value is -0.410. The van der Waals surface area contributed by atoms with Crippen molar-refractivity contribution in [3.8, 4) is 0 Å². The number of ether oxygens (including phenoxy) is 2. The van der Waals surface area contributed by atoms with Crippen molar-refractivity contribution in [1.29, 1.82) is 0 Å². The maximum Gasteiger partial charge on any atom is 0.184 e. The number of hydrogen-bond donors (Lipinski definition) is 0. The van der Waals surface area contributed by atoms with Gasteiger partial charge in [0.2, 0.25) is 0 Å².